The molecule has 1 aliphatic rings. The maximum Gasteiger partial charge on any atom is 0.573 e. The fourth-order valence-corrected chi connectivity index (χ4v) is 2.83. The fraction of sp³-hybridized carbons (Fsp3) is 0.375. The van der Waals surface area contributed by atoms with Crippen LogP contribution in [0.15, 0.2) is 30.5 Å². The molecule has 1 amide bonds. The number of carbonyl (C=O) groups excluding carboxylic acids is 1. The average Bonchev–Trinajstić information content (AvgIpc) is 3.00. The molecule has 5 nitrogen and oxygen atoms in total. The van der Waals surface area contributed by atoms with Gasteiger partial charge in [0.1, 0.15) is 5.75 Å². The van der Waals surface area contributed by atoms with Crippen LogP contribution in [0.2, 0.25) is 0 Å². The van der Waals surface area contributed by atoms with Crippen molar-refractivity contribution in [2.24, 2.45) is 0 Å². The van der Waals surface area contributed by atoms with Gasteiger partial charge in [-0.05, 0) is 30.9 Å². The summed E-state index contributed by atoms with van der Waals surface area (Å²) in [5.41, 5.74) is 2.02. The number of halogens is 3. The van der Waals surface area contributed by atoms with Crippen molar-refractivity contribution in [2.75, 3.05) is 11.4 Å². The second-order valence-electron chi connectivity index (χ2n) is 5.54. The van der Waals surface area contributed by atoms with Gasteiger partial charge >= 0.3 is 6.36 Å². The first-order chi connectivity index (χ1) is 11.4. The first-order valence-corrected chi connectivity index (χ1v) is 7.60. The van der Waals surface area contributed by atoms with Crippen molar-refractivity contribution in [1.29, 1.82) is 0 Å². The minimum atomic E-state index is -4.75. The van der Waals surface area contributed by atoms with E-state index in [9.17, 15) is 18.0 Å². The van der Waals surface area contributed by atoms with Gasteiger partial charge in [-0.15, -0.1) is 13.2 Å². The van der Waals surface area contributed by atoms with Crippen molar-refractivity contribution in [2.45, 2.75) is 32.0 Å². The number of carbonyl (C=O) groups is 1. The number of ether oxygens (including phenoxy) is 1. The predicted octanol–water partition coefficient (Wildman–Crippen LogP) is 3.22. The summed E-state index contributed by atoms with van der Waals surface area (Å²) in [5.74, 6) is -0.403. The number of hydrogen-bond acceptors (Lipinski definition) is 3. The minimum Gasteiger partial charge on any atom is -0.406 e. The van der Waals surface area contributed by atoms with Crippen LogP contribution in [0.3, 0.4) is 0 Å². The molecule has 1 N–H and O–H groups in total. The Morgan fingerprint density at radius 1 is 1.33 bits per heavy atom. The number of H-pyrrole nitrogens is 1. The number of aromatic amines is 1. The summed E-state index contributed by atoms with van der Waals surface area (Å²) in [6, 6.07) is 5.88. The Balaban J connectivity index is 1.68. The highest BCUT2D eigenvalue weighted by atomic mass is 19.4. The van der Waals surface area contributed by atoms with Crippen LogP contribution in [0, 0.1) is 0 Å². The first kappa shape index (κ1) is 16.4. The van der Waals surface area contributed by atoms with Crippen LogP contribution in [0.4, 0.5) is 18.9 Å². The van der Waals surface area contributed by atoms with E-state index in [4.69, 9.17) is 0 Å². The number of nitrogens with one attached hydrogen (secondary N) is 1. The SMILES string of the molecule is O=C(CCc1ccccc1OC(F)(F)F)N1CCCc2[nH]ncc21. The number of anilines is 1. The Morgan fingerprint density at radius 3 is 2.92 bits per heavy atom. The summed E-state index contributed by atoms with van der Waals surface area (Å²) in [5, 5.41) is 6.81. The number of aryl methyl sites for hydroxylation is 2. The van der Waals surface area contributed by atoms with Crippen molar-refractivity contribution < 1.29 is 22.7 Å². The summed E-state index contributed by atoms with van der Waals surface area (Å²) in [7, 11) is 0. The van der Waals surface area contributed by atoms with Gasteiger partial charge < -0.3 is 9.64 Å². The van der Waals surface area contributed by atoms with Gasteiger partial charge in [-0.3, -0.25) is 9.89 Å². The van der Waals surface area contributed by atoms with Crippen LogP contribution >= 0.6 is 0 Å². The van der Waals surface area contributed by atoms with Gasteiger partial charge in [0.05, 0.1) is 17.6 Å². The van der Waals surface area contributed by atoms with Crippen molar-refractivity contribution in [3.05, 3.63) is 41.7 Å². The van der Waals surface area contributed by atoms with E-state index in [1.807, 2.05) is 0 Å². The van der Waals surface area contributed by atoms with Gasteiger partial charge in [-0.2, -0.15) is 5.10 Å². The van der Waals surface area contributed by atoms with Crippen LogP contribution in [0.25, 0.3) is 0 Å². The summed E-state index contributed by atoms with van der Waals surface area (Å²) < 4.78 is 41.3. The molecule has 0 saturated heterocycles. The van der Waals surface area contributed by atoms with Gasteiger partial charge in [-0.1, -0.05) is 18.2 Å². The largest absolute Gasteiger partial charge is 0.573 e. The molecule has 3 rings (SSSR count). The molecule has 1 aliphatic heterocycles. The second kappa shape index (κ2) is 6.54. The van der Waals surface area contributed by atoms with E-state index in [1.54, 1.807) is 17.2 Å². The van der Waals surface area contributed by atoms with Gasteiger partial charge in [-0.25, -0.2) is 0 Å². The van der Waals surface area contributed by atoms with Gasteiger partial charge in [0, 0.05) is 13.0 Å². The molecular weight excluding hydrogens is 323 g/mol. The number of alkyl halides is 3. The van der Waals surface area contributed by atoms with E-state index in [1.165, 1.54) is 18.2 Å². The summed E-state index contributed by atoms with van der Waals surface area (Å²) in [4.78, 5) is 14.1. The first-order valence-electron chi connectivity index (χ1n) is 7.60. The van der Waals surface area contributed by atoms with Gasteiger partial charge in [0.15, 0.2) is 0 Å². The standard InChI is InChI=1S/C16H16F3N3O2/c17-16(18,19)24-14-6-2-1-4-11(14)7-8-15(23)22-9-3-5-12-13(22)10-20-21-12/h1-2,4,6,10H,3,5,7-9H2,(H,20,21). The van der Waals surface area contributed by atoms with E-state index in [2.05, 4.69) is 14.9 Å². The molecule has 0 aliphatic carbocycles. The third kappa shape index (κ3) is 3.69. The maximum absolute atomic E-state index is 12.4. The smallest absolute Gasteiger partial charge is 0.406 e. The lowest BCUT2D eigenvalue weighted by Gasteiger charge is -2.26. The molecule has 0 fully saturated rings. The molecule has 0 spiro atoms. The normalized spacial score (nSPS) is 14.4. The van der Waals surface area contributed by atoms with Crippen molar-refractivity contribution in [1.82, 2.24) is 10.2 Å². The van der Waals surface area contributed by atoms with Crippen LogP contribution in [-0.2, 0) is 17.6 Å². The molecule has 24 heavy (non-hydrogen) atoms. The lowest BCUT2D eigenvalue weighted by atomic mass is 10.1. The summed E-state index contributed by atoms with van der Waals surface area (Å²) in [6.45, 7) is 0.589. The van der Waals surface area contributed by atoms with Gasteiger partial charge in [0.25, 0.3) is 0 Å². The zero-order chi connectivity index (χ0) is 17.2. The Labute approximate surface area is 136 Å². The van der Waals surface area contributed by atoms with Crippen molar-refractivity contribution in [3.8, 4) is 5.75 Å². The van der Waals surface area contributed by atoms with E-state index in [0.717, 1.165) is 24.2 Å². The number of hydrogen-bond donors (Lipinski definition) is 1. The second-order valence-corrected chi connectivity index (χ2v) is 5.54. The Hall–Kier alpha value is -2.51. The monoisotopic (exact) mass is 339 g/mol. The highest BCUT2D eigenvalue weighted by Crippen LogP contribution is 2.28. The molecule has 1 aromatic heterocycles. The number of para-hydroxylation sites is 1. The summed E-state index contributed by atoms with van der Waals surface area (Å²) >= 11 is 0. The van der Waals surface area contributed by atoms with Crippen LogP contribution in [-0.4, -0.2) is 29.0 Å². The lowest BCUT2D eigenvalue weighted by Crippen LogP contribution is -2.35. The number of nitrogens with zero attached hydrogens (tertiary/aromatic N) is 2. The average molecular weight is 339 g/mol. The Kier molecular flexibility index (Phi) is 4.46. The molecule has 0 saturated carbocycles. The molecule has 2 heterocycles. The number of aromatic nitrogens is 2. The van der Waals surface area contributed by atoms with E-state index in [-0.39, 0.29) is 24.5 Å². The molecule has 2 aromatic rings. The van der Waals surface area contributed by atoms with Crippen LogP contribution < -0.4 is 9.64 Å². The third-order valence-electron chi connectivity index (χ3n) is 3.90. The Morgan fingerprint density at radius 2 is 2.12 bits per heavy atom. The summed E-state index contributed by atoms with van der Waals surface area (Å²) in [6.07, 6.45) is -1.21. The van der Waals surface area contributed by atoms with Crippen molar-refractivity contribution >= 4 is 11.6 Å². The number of benzene rings is 1. The van der Waals surface area contributed by atoms with E-state index < -0.39 is 6.36 Å². The van der Waals surface area contributed by atoms with E-state index in [0.29, 0.717) is 12.1 Å². The Bertz CT molecular complexity index is 727. The quantitative estimate of drug-likeness (QED) is 0.930. The molecular formula is C16H16F3N3O2. The molecule has 0 unspecified atom stereocenters. The number of amides is 1. The molecule has 8 heteroatoms. The predicted molar refractivity (Wildman–Crippen MR) is 80.7 cm³/mol. The number of fused-ring (bicyclic) bond motifs is 1. The molecule has 1 aromatic carbocycles. The zero-order valence-electron chi connectivity index (χ0n) is 12.8. The van der Waals surface area contributed by atoms with E-state index >= 15 is 0 Å². The lowest BCUT2D eigenvalue weighted by molar-refractivity contribution is -0.274. The van der Waals surface area contributed by atoms with Crippen LogP contribution in [0.5, 0.6) is 5.75 Å². The highest BCUT2D eigenvalue weighted by molar-refractivity contribution is 5.94. The molecule has 0 radical (unpaired) electrons. The molecule has 0 bridgehead atoms. The topological polar surface area (TPSA) is 58.2 Å². The molecule has 0 atom stereocenters. The van der Waals surface area contributed by atoms with Gasteiger partial charge in [0.2, 0.25) is 5.91 Å². The maximum atomic E-state index is 12.4. The van der Waals surface area contributed by atoms with Crippen LogP contribution in [0.1, 0.15) is 24.1 Å². The highest BCUT2D eigenvalue weighted by Gasteiger charge is 2.32. The minimum absolute atomic E-state index is 0.100. The fourth-order valence-electron chi connectivity index (χ4n) is 2.83. The third-order valence-corrected chi connectivity index (χ3v) is 3.90. The van der Waals surface area contributed by atoms with Crippen molar-refractivity contribution in [3.63, 3.8) is 0 Å². The molecule has 128 valence electrons. The zero-order valence-corrected chi connectivity index (χ0v) is 12.8. The number of rotatable bonds is 4.